The minimum Gasteiger partial charge on any atom is -0.347 e. The molecule has 2 heterocycles. The van der Waals surface area contributed by atoms with Gasteiger partial charge in [0.05, 0.1) is 27.6 Å². The summed E-state index contributed by atoms with van der Waals surface area (Å²) in [5, 5.41) is 6.30. The van der Waals surface area contributed by atoms with Gasteiger partial charge in [-0.2, -0.15) is 0 Å². The molecule has 0 saturated heterocycles. The fourth-order valence-electron chi connectivity index (χ4n) is 3.57. The molecule has 0 aliphatic carbocycles. The van der Waals surface area contributed by atoms with E-state index in [0.29, 0.717) is 0 Å². The summed E-state index contributed by atoms with van der Waals surface area (Å²) in [5.74, 6) is -0.926. The van der Waals surface area contributed by atoms with Gasteiger partial charge in [0.25, 0.3) is 11.8 Å². The van der Waals surface area contributed by atoms with E-state index in [4.69, 9.17) is 0 Å². The molecule has 2 amide bonds. The highest BCUT2D eigenvalue weighted by Gasteiger charge is 2.31. The van der Waals surface area contributed by atoms with E-state index in [0.717, 1.165) is 15.4 Å². The highest BCUT2D eigenvalue weighted by atomic mass is 32.2. The maximum Gasteiger partial charge on any atom is 0.257 e. The van der Waals surface area contributed by atoms with E-state index >= 15 is 0 Å². The monoisotopic (exact) mass is 475 g/mol. The van der Waals surface area contributed by atoms with Crippen molar-refractivity contribution in [2.45, 2.75) is 16.3 Å². The fourth-order valence-corrected chi connectivity index (χ4v) is 6.02. The van der Waals surface area contributed by atoms with Gasteiger partial charge in [-0.05, 0) is 30.3 Å². The second kappa shape index (κ2) is 8.27. The van der Waals surface area contributed by atoms with Crippen LogP contribution in [0.15, 0.2) is 88.8 Å². The molecule has 0 atom stereocenters. The van der Waals surface area contributed by atoms with Crippen LogP contribution in [0.2, 0.25) is 0 Å². The normalized spacial score (nSPS) is 13.9. The third-order valence-electron chi connectivity index (χ3n) is 5.20. The van der Waals surface area contributed by atoms with Gasteiger partial charge in [-0.1, -0.05) is 42.5 Å². The first kappa shape index (κ1) is 21.0. The van der Waals surface area contributed by atoms with Crippen molar-refractivity contribution in [1.29, 1.82) is 0 Å². The third kappa shape index (κ3) is 3.92. The Balaban J connectivity index is 1.37. The maximum atomic E-state index is 13.1. The first-order valence-corrected chi connectivity index (χ1v) is 12.3. The average molecular weight is 476 g/mol. The quantitative estimate of drug-likeness (QED) is 0.462. The molecule has 9 heteroatoms. The molecule has 7 nitrogen and oxygen atoms in total. The Bertz CT molecular complexity index is 1500. The van der Waals surface area contributed by atoms with Crippen LogP contribution in [0.4, 0.5) is 5.69 Å². The topological polar surface area (TPSA) is 105 Å². The van der Waals surface area contributed by atoms with E-state index in [9.17, 15) is 18.0 Å². The van der Waals surface area contributed by atoms with Crippen molar-refractivity contribution < 1.29 is 18.0 Å². The molecular weight excluding hydrogens is 458 g/mol. The van der Waals surface area contributed by atoms with Crippen molar-refractivity contribution in [2.24, 2.45) is 0 Å². The van der Waals surface area contributed by atoms with E-state index in [2.05, 4.69) is 15.6 Å². The number of rotatable bonds is 4. The molecule has 4 aromatic rings. The molecule has 0 radical (unpaired) electrons. The number of carbonyl (C=O) groups is 2. The van der Waals surface area contributed by atoms with Gasteiger partial charge < -0.3 is 10.6 Å². The summed E-state index contributed by atoms with van der Waals surface area (Å²) in [6.45, 7) is 0.274. The molecule has 1 aliphatic rings. The summed E-state index contributed by atoms with van der Waals surface area (Å²) in [7, 11) is -3.91. The number of nitrogens with zero attached hydrogens (tertiary/aromatic N) is 1. The van der Waals surface area contributed by atoms with Crippen LogP contribution >= 0.6 is 11.3 Å². The van der Waals surface area contributed by atoms with Crippen LogP contribution in [0.3, 0.4) is 0 Å². The SMILES string of the molecule is O=C(NCc1cnc(-c2ccccc2)s1)c1ccc2c(c1)NC(=O)c1ccccc1S2(=O)=O. The van der Waals surface area contributed by atoms with Crippen LogP contribution in [-0.2, 0) is 16.4 Å². The Labute approximate surface area is 194 Å². The maximum absolute atomic E-state index is 13.1. The van der Waals surface area contributed by atoms with E-state index in [1.54, 1.807) is 18.3 Å². The summed E-state index contributed by atoms with van der Waals surface area (Å²) in [4.78, 5) is 30.5. The molecule has 0 saturated carbocycles. The van der Waals surface area contributed by atoms with E-state index in [1.807, 2.05) is 30.3 Å². The van der Waals surface area contributed by atoms with Crippen molar-refractivity contribution in [1.82, 2.24) is 10.3 Å². The lowest BCUT2D eigenvalue weighted by atomic mass is 10.1. The zero-order valence-electron chi connectivity index (χ0n) is 17.1. The van der Waals surface area contributed by atoms with Gasteiger partial charge in [-0.25, -0.2) is 13.4 Å². The summed E-state index contributed by atoms with van der Waals surface area (Å²) < 4.78 is 26.1. The number of amides is 2. The minimum atomic E-state index is -3.91. The number of hydrogen-bond acceptors (Lipinski definition) is 6. The van der Waals surface area contributed by atoms with Crippen molar-refractivity contribution in [2.75, 3.05) is 5.32 Å². The largest absolute Gasteiger partial charge is 0.347 e. The lowest BCUT2D eigenvalue weighted by Gasteiger charge is -2.10. The number of carbonyl (C=O) groups excluding carboxylic acids is 2. The van der Waals surface area contributed by atoms with Crippen molar-refractivity contribution >= 4 is 38.7 Å². The molecule has 164 valence electrons. The molecule has 0 unspecified atom stereocenters. The number of aromatic nitrogens is 1. The van der Waals surface area contributed by atoms with E-state index in [1.165, 1.54) is 41.7 Å². The lowest BCUT2D eigenvalue weighted by molar-refractivity contribution is 0.0949. The Morgan fingerprint density at radius 3 is 2.55 bits per heavy atom. The van der Waals surface area contributed by atoms with Gasteiger partial charge in [-0.15, -0.1) is 11.3 Å². The molecule has 2 N–H and O–H groups in total. The summed E-state index contributed by atoms with van der Waals surface area (Å²) in [6, 6.07) is 20.0. The zero-order valence-corrected chi connectivity index (χ0v) is 18.7. The Morgan fingerprint density at radius 1 is 0.970 bits per heavy atom. The van der Waals surface area contributed by atoms with Crippen LogP contribution in [-0.4, -0.2) is 25.2 Å². The predicted octanol–water partition coefficient (Wildman–Crippen LogP) is 4.14. The minimum absolute atomic E-state index is 0.0488. The van der Waals surface area contributed by atoms with Crippen molar-refractivity contribution in [3.63, 3.8) is 0 Å². The highest BCUT2D eigenvalue weighted by Crippen LogP contribution is 2.34. The van der Waals surface area contributed by atoms with Crippen molar-refractivity contribution in [3.8, 4) is 10.6 Å². The zero-order chi connectivity index (χ0) is 23.0. The first-order chi connectivity index (χ1) is 15.9. The second-order valence-electron chi connectivity index (χ2n) is 7.35. The van der Waals surface area contributed by atoms with Crippen LogP contribution in [0.1, 0.15) is 25.6 Å². The second-order valence-corrected chi connectivity index (χ2v) is 10.3. The number of benzene rings is 3. The summed E-state index contributed by atoms with van der Waals surface area (Å²) in [6.07, 6.45) is 1.72. The van der Waals surface area contributed by atoms with Gasteiger partial charge in [0, 0.05) is 22.2 Å². The number of nitrogens with one attached hydrogen (secondary N) is 2. The van der Waals surface area contributed by atoms with Gasteiger partial charge >= 0.3 is 0 Å². The van der Waals surface area contributed by atoms with Crippen molar-refractivity contribution in [3.05, 3.63) is 95.0 Å². The number of fused-ring (bicyclic) bond motifs is 2. The number of anilines is 1. The molecule has 3 aromatic carbocycles. The van der Waals surface area contributed by atoms with Crippen LogP contribution < -0.4 is 10.6 Å². The van der Waals surface area contributed by atoms with Crippen LogP contribution in [0.5, 0.6) is 0 Å². The van der Waals surface area contributed by atoms with E-state index in [-0.39, 0.29) is 39.1 Å². The van der Waals surface area contributed by atoms with Crippen LogP contribution in [0, 0.1) is 0 Å². The summed E-state index contributed by atoms with van der Waals surface area (Å²) >= 11 is 1.48. The van der Waals surface area contributed by atoms with Gasteiger partial charge in [0.2, 0.25) is 9.84 Å². The molecule has 33 heavy (non-hydrogen) atoms. The lowest BCUT2D eigenvalue weighted by Crippen LogP contribution is -2.22. The predicted molar refractivity (Wildman–Crippen MR) is 125 cm³/mol. The smallest absolute Gasteiger partial charge is 0.257 e. The molecule has 1 aromatic heterocycles. The Morgan fingerprint density at radius 2 is 1.73 bits per heavy atom. The molecular formula is C24H17N3O4S2. The fraction of sp³-hybridized carbons (Fsp3) is 0.0417. The molecule has 0 spiro atoms. The third-order valence-corrected chi connectivity index (χ3v) is 8.11. The van der Waals surface area contributed by atoms with Gasteiger partial charge in [0.1, 0.15) is 5.01 Å². The number of sulfone groups is 1. The van der Waals surface area contributed by atoms with Gasteiger partial charge in [0.15, 0.2) is 0 Å². The average Bonchev–Trinajstić information content (AvgIpc) is 3.29. The summed E-state index contributed by atoms with van der Waals surface area (Å²) in [5.41, 5.74) is 1.39. The molecule has 0 bridgehead atoms. The number of thiazole rings is 1. The molecule has 5 rings (SSSR count). The van der Waals surface area contributed by atoms with Gasteiger partial charge in [-0.3, -0.25) is 9.59 Å². The number of hydrogen-bond donors (Lipinski definition) is 2. The molecule has 1 aliphatic heterocycles. The first-order valence-electron chi connectivity index (χ1n) is 10.0. The highest BCUT2D eigenvalue weighted by molar-refractivity contribution is 7.91. The Kier molecular flexibility index (Phi) is 5.27. The Hall–Kier alpha value is -3.82. The standard InChI is InChI=1S/C24H17N3O4S2/c28-22(25-13-17-14-26-24(32-17)15-6-2-1-3-7-15)16-10-11-21-19(12-16)27-23(29)18-8-4-5-9-20(18)33(21,30)31/h1-12,14H,13H2,(H,25,28)(H,27,29). The van der Waals surface area contributed by atoms with E-state index < -0.39 is 15.7 Å². The molecule has 0 fully saturated rings. The van der Waals surface area contributed by atoms with Crippen LogP contribution in [0.25, 0.3) is 10.6 Å².